The second-order valence-electron chi connectivity index (χ2n) is 4.35. The lowest BCUT2D eigenvalue weighted by Crippen LogP contribution is -2.31. The standard InChI is InChI=1S/C15H19NO4/c1-18-13-4-2-5-14(8-13)20-11-12(17)9-16-10-15-6-3-7-19-15/h2-8,12,16-17H,9-11H2,1H3. The van der Waals surface area contributed by atoms with Gasteiger partial charge in [0.25, 0.3) is 0 Å². The number of rotatable bonds is 8. The second kappa shape index (κ2) is 7.57. The molecule has 1 aromatic carbocycles. The fourth-order valence-electron chi connectivity index (χ4n) is 1.72. The molecule has 1 unspecified atom stereocenters. The van der Waals surface area contributed by atoms with Crippen molar-refractivity contribution in [1.82, 2.24) is 5.32 Å². The van der Waals surface area contributed by atoms with Gasteiger partial charge in [0, 0.05) is 12.6 Å². The molecule has 0 aliphatic carbocycles. The van der Waals surface area contributed by atoms with Gasteiger partial charge in [0.2, 0.25) is 0 Å². The lowest BCUT2D eigenvalue weighted by Gasteiger charge is -2.13. The van der Waals surface area contributed by atoms with E-state index in [1.54, 1.807) is 19.4 Å². The zero-order valence-corrected chi connectivity index (χ0v) is 11.4. The summed E-state index contributed by atoms with van der Waals surface area (Å²) in [5, 5.41) is 12.9. The first-order chi connectivity index (χ1) is 9.78. The number of ether oxygens (including phenoxy) is 2. The Morgan fingerprint density at radius 2 is 2.10 bits per heavy atom. The van der Waals surface area contributed by atoms with E-state index in [0.29, 0.717) is 18.8 Å². The lowest BCUT2D eigenvalue weighted by atomic mass is 10.3. The van der Waals surface area contributed by atoms with Crippen LogP contribution in [0.15, 0.2) is 47.1 Å². The molecule has 1 aromatic heterocycles. The third kappa shape index (κ3) is 4.60. The number of methoxy groups -OCH3 is 1. The normalized spacial score (nSPS) is 12.1. The van der Waals surface area contributed by atoms with Crippen LogP contribution < -0.4 is 14.8 Å². The summed E-state index contributed by atoms with van der Waals surface area (Å²) in [6.45, 7) is 1.24. The molecule has 0 radical (unpaired) electrons. The average Bonchev–Trinajstić information content (AvgIpc) is 2.98. The monoisotopic (exact) mass is 277 g/mol. The molecule has 0 spiro atoms. The summed E-state index contributed by atoms with van der Waals surface area (Å²) >= 11 is 0. The molecule has 0 saturated heterocycles. The highest BCUT2D eigenvalue weighted by Gasteiger charge is 2.06. The number of hydrogen-bond acceptors (Lipinski definition) is 5. The number of furan rings is 1. The van der Waals surface area contributed by atoms with Gasteiger partial charge >= 0.3 is 0 Å². The molecule has 5 nitrogen and oxygen atoms in total. The van der Waals surface area contributed by atoms with Crippen molar-refractivity contribution in [3.05, 3.63) is 48.4 Å². The summed E-state index contributed by atoms with van der Waals surface area (Å²) in [4.78, 5) is 0. The second-order valence-corrected chi connectivity index (χ2v) is 4.35. The van der Waals surface area contributed by atoms with E-state index in [9.17, 15) is 5.11 Å². The maximum atomic E-state index is 9.82. The highest BCUT2D eigenvalue weighted by Crippen LogP contribution is 2.18. The predicted octanol–water partition coefficient (Wildman–Crippen LogP) is 1.82. The molecule has 0 aliphatic heterocycles. The van der Waals surface area contributed by atoms with Gasteiger partial charge in [-0.05, 0) is 24.3 Å². The number of benzene rings is 1. The molecular weight excluding hydrogens is 258 g/mol. The Kier molecular flexibility index (Phi) is 5.46. The van der Waals surface area contributed by atoms with Crippen LogP contribution in [-0.2, 0) is 6.54 Å². The Morgan fingerprint density at radius 1 is 1.25 bits per heavy atom. The first-order valence-electron chi connectivity index (χ1n) is 6.46. The van der Waals surface area contributed by atoms with Crippen LogP contribution in [0.1, 0.15) is 5.76 Å². The van der Waals surface area contributed by atoms with E-state index in [1.165, 1.54) is 0 Å². The third-order valence-corrected chi connectivity index (χ3v) is 2.74. The maximum absolute atomic E-state index is 9.82. The zero-order chi connectivity index (χ0) is 14.2. The Labute approximate surface area is 118 Å². The highest BCUT2D eigenvalue weighted by atomic mass is 16.5. The summed E-state index contributed by atoms with van der Waals surface area (Å²) in [5.74, 6) is 2.24. The van der Waals surface area contributed by atoms with E-state index in [2.05, 4.69) is 5.32 Å². The average molecular weight is 277 g/mol. The van der Waals surface area contributed by atoms with E-state index < -0.39 is 6.10 Å². The number of hydrogen-bond donors (Lipinski definition) is 2. The van der Waals surface area contributed by atoms with Crippen LogP contribution in [0.2, 0.25) is 0 Å². The van der Waals surface area contributed by atoms with Crippen LogP contribution in [0.4, 0.5) is 0 Å². The van der Waals surface area contributed by atoms with Crippen LogP contribution in [0, 0.1) is 0 Å². The molecule has 20 heavy (non-hydrogen) atoms. The minimum atomic E-state index is -0.587. The smallest absolute Gasteiger partial charge is 0.123 e. The van der Waals surface area contributed by atoms with Crippen LogP contribution in [-0.4, -0.2) is 31.5 Å². The summed E-state index contributed by atoms with van der Waals surface area (Å²) in [6, 6.07) is 11.0. The van der Waals surface area contributed by atoms with E-state index in [1.807, 2.05) is 30.3 Å². The van der Waals surface area contributed by atoms with E-state index in [-0.39, 0.29) is 6.61 Å². The fraction of sp³-hybridized carbons (Fsp3) is 0.333. The van der Waals surface area contributed by atoms with Gasteiger partial charge in [-0.2, -0.15) is 0 Å². The van der Waals surface area contributed by atoms with Gasteiger partial charge in [0.15, 0.2) is 0 Å². The largest absolute Gasteiger partial charge is 0.497 e. The van der Waals surface area contributed by atoms with Crippen molar-refractivity contribution < 1.29 is 19.0 Å². The molecule has 1 atom stereocenters. The molecular formula is C15H19NO4. The highest BCUT2D eigenvalue weighted by molar-refractivity contribution is 5.32. The summed E-state index contributed by atoms with van der Waals surface area (Å²) in [6.07, 6.45) is 1.04. The first kappa shape index (κ1) is 14.4. The topological polar surface area (TPSA) is 63.9 Å². The molecule has 5 heteroatoms. The first-order valence-corrected chi connectivity index (χ1v) is 6.46. The van der Waals surface area contributed by atoms with Crippen molar-refractivity contribution in [1.29, 1.82) is 0 Å². The number of nitrogens with one attached hydrogen (secondary N) is 1. The molecule has 2 aromatic rings. The number of aliphatic hydroxyl groups excluding tert-OH is 1. The summed E-state index contributed by atoms with van der Waals surface area (Å²) in [5.41, 5.74) is 0. The molecule has 2 rings (SSSR count). The Hall–Kier alpha value is -1.98. The quantitative estimate of drug-likeness (QED) is 0.770. The molecule has 0 saturated carbocycles. The van der Waals surface area contributed by atoms with Crippen LogP contribution in [0.5, 0.6) is 11.5 Å². The molecule has 0 amide bonds. The van der Waals surface area contributed by atoms with E-state index in [0.717, 1.165) is 11.5 Å². The van der Waals surface area contributed by atoms with E-state index >= 15 is 0 Å². The van der Waals surface area contributed by atoms with Gasteiger partial charge in [-0.3, -0.25) is 0 Å². The van der Waals surface area contributed by atoms with Crippen LogP contribution >= 0.6 is 0 Å². The molecule has 2 N–H and O–H groups in total. The van der Waals surface area contributed by atoms with Gasteiger partial charge in [-0.25, -0.2) is 0 Å². The van der Waals surface area contributed by atoms with Crippen molar-refractivity contribution in [3.63, 3.8) is 0 Å². The Balaban J connectivity index is 1.67. The molecule has 1 heterocycles. The predicted molar refractivity (Wildman–Crippen MR) is 74.9 cm³/mol. The van der Waals surface area contributed by atoms with Gasteiger partial charge < -0.3 is 24.3 Å². The molecule has 0 fully saturated rings. The Bertz CT molecular complexity index is 498. The summed E-state index contributed by atoms with van der Waals surface area (Å²) < 4.78 is 15.8. The van der Waals surface area contributed by atoms with Gasteiger partial charge in [0.05, 0.1) is 19.9 Å². The van der Waals surface area contributed by atoms with Crippen molar-refractivity contribution >= 4 is 0 Å². The number of aliphatic hydroxyl groups is 1. The molecule has 108 valence electrons. The SMILES string of the molecule is COc1cccc(OCC(O)CNCc2ccco2)c1. The van der Waals surface area contributed by atoms with Crippen molar-refractivity contribution in [3.8, 4) is 11.5 Å². The van der Waals surface area contributed by atoms with E-state index in [4.69, 9.17) is 13.9 Å². The van der Waals surface area contributed by atoms with Crippen LogP contribution in [0.3, 0.4) is 0 Å². The fourth-order valence-corrected chi connectivity index (χ4v) is 1.72. The van der Waals surface area contributed by atoms with Gasteiger partial charge in [-0.1, -0.05) is 6.07 Å². The molecule has 0 bridgehead atoms. The van der Waals surface area contributed by atoms with Crippen molar-refractivity contribution in [2.45, 2.75) is 12.6 Å². The summed E-state index contributed by atoms with van der Waals surface area (Å²) in [7, 11) is 1.60. The van der Waals surface area contributed by atoms with Crippen LogP contribution in [0.25, 0.3) is 0 Å². The third-order valence-electron chi connectivity index (χ3n) is 2.74. The minimum Gasteiger partial charge on any atom is -0.497 e. The van der Waals surface area contributed by atoms with Gasteiger partial charge in [0.1, 0.15) is 30.0 Å². The lowest BCUT2D eigenvalue weighted by molar-refractivity contribution is 0.105. The maximum Gasteiger partial charge on any atom is 0.123 e. The van der Waals surface area contributed by atoms with Crippen molar-refractivity contribution in [2.24, 2.45) is 0 Å². The molecule has 0 aliphatic rings. The zero-order valence-electron chi connectivity index (χ0n) is 11.4. The van der Waals surface area contributed by atoms with Gasteiger partial charge in [-0.15, -0.1) is 0 Å². The minimum absolute atomic E-state index is 0.221. The Morgan fingerprint density at radius 3 is 2.85 bits per heavy atom. The van der Waals surface area contributed by atoms with Crippen molar-refractivity contribution in [2.75, 3.05) is 20.3 Å².